The van der Waals surface area contributed by atoms with Crippen molar-refractivity contribution in [1.82, 2.24) is 0 Å². The van der Waals surface area contributed by atoms with Crippen molar-refractivity contribution < 1.29 is 38.2 Å². The van der Waals surface area contributed by atoms with Gasteiger partial charge in [-0.15, -0.1) is 0 Å². The Bertz CT molecular complexity index is 1960. The summed E-state index contributed by atoms with van der Waals surface area (Å²) in [5.74, 6) is -1.62. The summed E-state index contributed by atoms with van der Waals surface area (Å²) in [6.07, 6.45) is 7.49. The molecule has 238 valence electrons. The van der Waals surface area contributed by atoms with Gasteiger partial charge in [-0.2, -0.15) is 0 Å². The zero-order valence-electron chi connectivity index (χ0n) is 25.6. The lowest BCUT2D eigenvalue weighted by Gasteiger charge is -2.41. The van der Waals surface area contributed by atoms with Gasteiger partial charge in [0.05, 0.1) is 42.1 Å². The lowest BCUT2D eigenvalue weighted by Crippen LogP contribution is -2.39. The van der Waals surface area contributed by atoms with Gasteiger partial charge in [-0.3, -0.25) is 24.1 Å². The Morgan fingerprint density at radius 1 is 0.957 bits per heavy atom. The summed E-state index contributed by atoms with van der Waals surface area (Å²) in [6, 6.07) is 16.0. The van der Waals surface area contributed by atoms with Crippen molar-refractivity contribution in [3.05, 3.63) is 111 Å². The largest absolute Gasteiger partial charge is 0.497 e. The fraction of sp³-hybridized carbons (Fsp3) is 0.243. The maximum Gasteiger partial charge on any atom is 0.238 e. The molecule has 1 aromatic heterocycles. The second-order valence-corrected chi connectivity index (χ2v) is 12.8. The molecule has 1 fully saturated rings. The van der Waals surface area contributed by atoms with Crippen LogP contribution in [0.25, 0.3) is 12.2 Å². The molecule has 1 N–H and O–H groups in total. The van der Waals surface area contributed by atoms with Gasteiger partial charge in [0.1, 0.15) is 29.6 Å². The van der Waals surface area contributed by atoms with Crippen LogP contribution in [0.3, 0.4) is 0 Å². The van der Waals surface area contributed by atoms with Gasteiger partial charge >= 0.3 is 0 Å². The molecule has 0 saturated carbocycles. The van der Waals surface area contributed by atoms with Crippen LogP contribution < -0.4 is 14.4 Å². The number of ether oxygens (including phenoxy) is 2. The number of halogens is 1. The minimum atomic E-state index is -0.709. The van der Waals surface area contributed by atoms with Gasteiger partial charge in [0, 0.05) is 22.8 Å². The first-order valence-electron chi connectivity index (χ1n) is 15.2. The van der Waals surface area contributed by atoms with Crippen LogP contribution in [-0.4, -0.2) is 42.7 Å². The van der Waals surface area contributed by atoms with Crippen LogP contribution >= 0.6 is 15.9 Å². The third-order valence-corrected chi connectivity index (χ3v) is 10.1. The molecular weight excluding hydrogens is 666 g/mol. The molecule has 0 spiro atoms. The lowest BCUT2D eigenvalue weighted by molar-refractivity contribution is -0.123. The highest BCUT2D eigenvalue weighted by Crippen LogP contribution is 2.55. The van der Waals surface area contributed by atoms with Crippen LogP contribution in [0.5, 0.6) is 11.5 Å². The molecule has 4 atom stereocenters. The van der Waals surface area contributed by atoms with Crippen molar-refractivity contribution in [3.8, 4) is 11.5 Å². The highest BCUT2D eigenvalue weighted by atomic mass is 79.9. The first kappa shape index (κ1) is 30.8. The van der Waals surface area contributed by atoms with E-state index < -0.39 is 23.7 Å². The molecule has 47 heavy (non-hydrogen) atoms. The number of benzene rings is 2. The summed E-state index contributed by atoms with van der Waals surface area (Å²) in [6.45, 7) is -0.324. The number of nitrogens with zero attached hydrogens (tertiary/aromatic N) is 1. The van der Waals surface area contributed by atoms with Gasteiger partial charge in [-0.25, -0.2) is 0 Å². The molecule has 3 aliphatic carbocycles. The minimum absolute atomic E-state index is 0.157. The fourth-order valence-corrected chi connectivity index (χ4v) is 7.76. The molecule has 2 heterocycles. The minimum Gasteiger partial charge on any atom is -0.497 e. The molecule has 10 heteroatoms. The summed E-state index contributed by atoms with van der Waals surface area (Å²) in [7, 11) is 3.20. The van der Waals surface area contributed by atoms with Gasteiger partial charge in [0.25, 0.3) is 0 Å². The molecule has 2 amide bonds. The van der Waals surface area contributed by atoms with Crippen molar-refractivity contribution in [2.24, 2.45) is 17.8 Å². The molecule has 7 rings (SSSR count). The number of aliphatic hydroxyl groups is 1. The number of fused-ring (bicyclic) bond motifs is 3. The number of aliphatic hydroxyl groups excluding tert-OH is 1. The van der Waals surface area contributed by atoms with Crippen LogP contribution in [0.1, 0.15) is 41.4 Å². The number of imide groups is 1. The number of allylic oxidation sites excluding steroid dienone is 6. The fourth-order valence-electron chi connectivity index (χ4n) is 7.31. The van der Waals surface area contributed by atoms with Gasteiger partial charge in [-0.1, -0.05) is 35.9 Å². The van der Waals surface area contributed by atoms with Crippen molar-refractivity contribution in [2.45, 2.75) is 25.4 Å². The Hall–Kier alpha value is -4.80. The van der Waals surface area contributed by atoms with Crippen LogP contribution in [0.15, 0.2) is 92.4 Å². The van der Waals surface area contributed by atoms with E-state index in [1.807, 2.05) is 48.6 Å². The highest BCUT2D eigenvalue weighted by Gasteiger charge is 2.57. The number of anilines is 1. The zero-order chi connectivity index (χ0) is 33.0. The van der Waals surface area contributed by atoms with E-state index >= 15 is 0 Å². The molecule has 1 aliphatic heterocycles. The maximum atomic E-state index is 14.2. The SMILES string of the molecule is COc1ccc(OC)c(C=Cc2ccc(N3C(=O)C4CC=C5C(c6ccc(CO)o6)C6=C(CC5C4C3=O)C(=O)C(Br)=CC6=O)cc2)c1. The molecule has 2 aromatic carbocycles. The summed E-state index contributed by atoms with van der Waals surface area (Å²) < 4.78 is 16.9. The Labute approximate surface area is 279 Å². The number of carbonyl (C=O) groups excluding carboxylic acids is 4. The molecule has 9 nitrogen and oxygen atoms in total. The quantitative estimate of drug-likeness (QED) is 0.140. The molecule has 3 aromatic rings. The van der Waals surface area contributed by atoms with Crippen LogP contribution in [0, 0.1) is 17.8 Å². The first-order valence-corrected chi connectivity index (χ1v) is 16.0. The zero-order valence-corrected chi connectivity index (χ0v) is 27.2. The predicted octanol–water partition coefficient (Wildman–Crippen LogP) is 5.93. The van der Waals surface area contributed by atoms with E-state index in [1.165, 1.54) is 11.0 Å². The molecule has 4 unspecified atom stereocenters. The van der Waals surface area contributed by atoms with E-state index in [-0.39, 0.29) is 40.9 Å². The van der Waals surface area contributed by atoms with Crippen molar-refractivity contribution in [3.63, 3.8) is 0 Å². The standard InChI is InChI=1S/C37H30BrNO8/c1-45-22-9-13-30(46-2)20(15-22)6-3-19-4-7-21(8-5-19)39-36(43)25-12-11-24-26(32(25)37(39)44)16-27-33(29(41)17-28(38)35(27)42)34(24)31-14-10-23(18-40)47-31/h3-11,13-15,17,25-26,32,34,40H,12,16,18H2,1-2H3. The number of Topliss-reactive ketones (excluding diaryl/α,β-unsaturated/α-hetero) is 1. The second kappa shape index (κ2) is 12.1. The van der Waals surface area contributed by atoms with E-state index in [4.69, 9.17) is 13.9 Å². The molecule has 0 bridgehead atoms. The Balaban J connectivity index is 1.19. The first-order chi connectivity index (χ1) is 22.7. The summed E-state index contributed by atoms with van der Waals surface area (Å²) in [4.78, 5) is 56.0. The Kier molecular flexibility index (Phi) is 7.93. The number of furan rings is 1. The third kappa shape index (κ3) is 5.12. The van der Waals surface area contributed by atoms with Gasteiger partial charge in [0.2, 0.25) is 11.8 Å². The molecule has 0 radical (unpaired) electrons. The number of amides is 2. The number of carbonyl (C=O) groups is 4. The van der Waals surface area contributed by atoms with Gasteiger partial charge in [-0.05, 0) is 82.7 Å². The number of methoxy groups -OCH3 is 2. The number of hydrogen-bond donors (Lipinski definition) is 1. The van der Waals surface area contributed by atoms with Crippen molar-refractivity contribution in [2.75, 3.05) is 19.1 Å². The number of ketones is 2. The smallest absolute Gasteiger partial charge is 0.238 e. The number of hydrogen-bond acceptors (Lipinski definition) is 8. The predicted molar refractivity (Wildman–Crippen MR) is 177 cm³/mol. The normalized spacial score (nSPS) is 23.9. The van der Waals surface area contributed by atoms with Crippen LogP contribution in [0.4, 0.5) is 5.69 Å². The average Bonchev–Trinajstić information content (AvgIpc) is 3.67. The summed E-state index contributed by atoms with van der Waals surface area (Å²) >= 11 is 3.24. The van der Waals surface area contributed by atoms with Crippen molar-refractivity contribution in [1.29, 1.82) is 0 Å². The second-order valence-electron chi connectivity index (χ2n) is 11.9. The molecule has 1 saturated heterocycles. The van der Waals surface area contributed by atoms with E-state index in [0.717, 1.165) is 16.7 Å². The monoisotopic (exact) mass is 695 g/mol. The van der Waals surface area contributed by atoms with Crippen LogP contribution in [0.2, 0.25) is 0 Å². The van der Waals surface area contributed by atoms with Gasteiger partial charge < -0.3 is 19.0 Å². The van der Waals surface area contributed by atoms with E-state index in [1.54, 1.807) is 38.5 Å². The average molecular weight is 697 g/mol. The van der Waals surface area contributed by atoms with Gasteiger partial charge in [0.15, 0.2) is 11.6 Å². The van der Waals surface area contributed by atoms with E-state index in [2.05, 4.69) is 15.9 Å². The topological polar surface area (TPSA) is 123 Å². The highest BCUT2D eigenvalue weighted by molar-refractivity contribution is 9.12. The molecular formula is C37H30BrNO8. The summed E-state index contributed by atoms with van der Waals surface area (Å²) in [5.41, 5.74) is 3.58. The Morgan fingerprint density at radius 2 is 1.74 bits per heavy atom. The van der Waals surface area contributed by atoms with Crippen LogP contribution in [-0.2, 0) is 25.8 Å². The maximum absolute atomic E-state index is 14.2. The third-order valence-electron chi connectivity index (χ3n) is 9.50. The lowest BCUT2D eigenvalue weighted by atomic mass is 9.60. The number of rotatable bonds is 7. The summed E-state index contributed by atoms with van der Waals surface area (Å²) in [5, 5.41) is 9.65. The van der Waals surface area contributed by atoms with Crippen molar-refractivity contribution >= 4 is 57.2 Å². The van der Waals surface area contributed by atoms with E-state index in [9.17, 15) is 24.3 Å². The Morgan fingerprint density at radius 3 is 2.45 bits per heavy atom. The van der Waals surface area contributed by atoms with E-state index in [0.29, 0.717) is 46.3 Å². The molecule has 4 aliphatic rings.